The summed E-state index contributed by atoms with van der Waals surface area (Å²) in [5.74, 6) is 0.638. The Balaban J connectivity index is 2.30. The lowest BCUT2D eigenvalue weighted by atomic mass is 10.1. The number of carbonyl (C=O) groups is 1. The number of aromatic hydroxyl groups is 1. The molecule has 5 nitrogen and oxygen atoms in total. The van der Waals surface area contributed by atoms with Crippen molar-refractivity contribution in [3.63, 3.8) is 0 Å². The highest BCUT2D eigenvalue weighted by Crippen LogP contribution is 2.38. The van der Waals surface area contributed by atoms with E-state index in [0.717, 1.165) is 12.7 Å². The molecule has 0 heterocycles. The lowest BCUT2D eigenvalue weighted by Gasteiger charge is -2.27. The number of rotatable bonds is 6. The average Bonchev–Trinajstić information content (AvgIpc) is 2.52. The third-order valence-electron chi connectivity index (χ3n) is 3.15. The van der Waals surface area contributed by atoms with Crippen LogP contribution >= 0.6 is 114 Å². The molecule has 0 aromatic heterocycles. The molecule has 0 bridgehead atoms. The van der Waals surface area contributed by atoms with Crippen molar-refractivity contribution in [2.24, 2.45) is 0 Å². The molecule has 0 saturated carbocycles. The number of carboxylic acids is 1. The molecule has 134 valence electrons. The molecule has 1 atom stereocenters. The molecule has 2 rings (SSSR count). The molecule has 0 aliphatic carbocycles. The van der Waals surface area contributed by atoms with Gasteiger partial charge in [0.25, 0.3) is 0 Å². The summed E-state index contributed by atoms with van der Waals surface area (Å²) in [5, 5.41) is 18.9. The van der Waals surface area contributed by atoms with Gasteiger partial charge in [-0.15, -0.1) is 0 Å². The van der Waals surface area contributed by atoms with Crippen molar-refractivity contribution < 1.29 is 19.7 Å². The number of ether oxygens (including phenoxy) is 1. The molecule has 2 aromatic rings. The second-order valence-electron chi connectivity index (χ2n) is 4.96. The molecule has 0 fully saturated rings. The van der Waals surface area contributed by atoms with E-state index in [1.54, 1.807) is 25.6 Å². The smallest absolute Gasteiger partial charge is 0.336 e. The normalized spacial score (nSPS) is 13.5. The second-order valence-corrected chi connectivity index (χ2v) is 12.8. The molecule has 10 heteroatoms. The average molecular weight is 903 g/mol. The van der Waals surface area contributed by atoms with Crippen LogP contribution < -0.4 is 4.74 Å². The summed E-state index contributed by atoms with van der Waals surface area (Å²) in [4.78, 5) is 11.7. The Labute approximate surface area is 213 Å². The van der Waals surface area contributed by atoms with Gasteiger partial charge in [0.05, 0.1) is 7.14 Å². The molecule has 2 aromatic carbocycles. The second kappa shape index (κ2) is 9.55. The Morgan fingerprint density at radius 2 is 1.64 bits per heavy atom. The van der Waals surface area contributed by atoms with Crippen LogP contribution in [0, 0.1) is 7.14 Å². The minimum Gasteiger partial charge on any atom is -0.508 e. The molecule has 0 amide bonds. The number of halogens is 5. The van der Waals surface area contributed by atoms with E-state index in [1.807, 2.05) is 80.5 Å². The number of phenolic OH excluding ortho intramolecular Hbond substituents is 1. The summed E-state index contributed by atoms with van der Waals surface area (Å²) in [6.45, 7) is 0. The zero-order chi connectivity index (χ0) is 18.8. The predicted octanol–water partition coefficient (Wildman–Crippen LogP) is 6.15. The fourth-order valence-electron chi connectivity index (χ4n) is 1.92. The number of hydrogen-bond acceptors (Lipinski definition) is 4. The van der Waals surface area contributed by atoms with E-state index < -0.39 is 9.51 Å². The number of nitrogens with zero attached hydrogens (tertiary/aromatic N) is 1. The van der Waals surface area contributed by atoms with Gasteiger partial charge in [0.15, 0.2) is 9.30 Å². The van der Waals surface area contributed by atoms with E-state index in [1.165, 1.54) is 0 Å². The van der Waals surface area contributed by atoms with E-state index in [0.29, 0.717) is 17.9 Å². The lowest BCUT2D eigenvalue weighted by Crippen LogP contribution is -2.41. The number of carboxylic acid groups (broad SMARTS) is 1. The zero-order valence-electron chi connectivity index (χ0n) is 12.2. The van der Waals surface area contributed by atoms with Gasteiger partial charge in [0.1, 0.15) is 11.5 Å². The number of hydrogen-bond donors (Lipinski definition) is 2. The van der Waals surface area contributed by atoms with Crippen LogP contribution in [-0.4, -0.2) is 21.1 Å². The fraction of sp³-hybridized carbons (Fsp3) is 0.133. The fourth-order valence-corrected chi connectivity index (χ4v) is 5.23. The van der Waals surface area contributed by atoms with E-state index in [9.17, 15) is 15.0 Å². The van der Waals surface area contributed by atoms with Gasteiger partial charge in [-0.05, 0) is 110 Å². The van der Waals surface area contributed by atoms with Gasteiger partial charge in [-0.25, -0.2) is 4.79 Å². The van der Waals surface area contributed by atoms with Crippen LogP contribution in [0.1, 0.15) is 5.56 Å². The Morgan fingerprint density at radius 3 is 2.08 bits per heavy atom. The summed E-state index contributed by atoms with van der Waals surface area (Å²) in [7, 11) is 0. The first-order chi connectivity index (χ1) is 11.6. The molecule has 1 unspecified atom stereocenters. The highest BCUT2D eigenvalue weighted by molar-refractivity contribution is 14.2. The van der Waals surface area contributed by atoms with Crippen molar-refractivity contribution in [2.45, 2.75) is 9.97 Å². The van der Waals surface area contributed by atoms with Gasteiger partial charge in [-0.1, -0.05) is 0 Å². The first-order valence-electron chi connectivity index (χ1n) is 6.62. The standard InChI is InChI=1S/C15H10I5NO4/c16-11-5-8(7-15(18,14(23)24)21(19)20)6-12(17)13(11)25-10-3-1-9(22)2-4-10/h1-6,22H,7H2,(H,23,24). The van der Waals surface area contributed by atoms with Crippen molar-refractivity contribution in [3.8, 4) is 17.2 Å². The molecular weight excluding hydrogens is 893 g/mol. The van der Waals surface area contributed by atoms with Crippen LogP contribution in [0.2, 0.25) is 0 Å². The van der Waals surface area contributed by atoms with Crippen LogP contribution in [0.15, 0.2) is 36.4 Å². The van der Waals surface area contributed by atoms with Gasteiger partial charge >= 0.3 is 5.97 Å². The van der Waals surface area contributed by atoms with Gasteiger partial charge in [0, 0.05) is 52.1 Å². The van der Waals surface area contributed by atoms with E-state index in [2.05, 4.69) is 45.2 Å². The highest BCUT2D eigenvalue weighted by atomic mass is 127. The number of aliphatic carboxylic acids is 1. The van der Waals surface area contributed by atoms with Crippen molar-refractivity contribution in [3.05, 3.63) is 49.1 Å². The molecule has 0 aliphatic rings. The Bertz CT molecular complexity index is 761. The SMILES string of the molecule is O=C(O)C(I)(Cc1cc(I)c(Oc2ccc(O)cc2)c(I)c1)N(I)I. The molecule has 0 radical (unpaired) electrons. The summed E-state index contributed by atoms with van der Waals surface area (Å²) in [5.41, 5.74) is 0.919. The van der Waals surface area contributed by atoms with Crippen LogP contribution in [0.25, 0.3) is 0 Å². The molecule has 0 saturated heterocycles. The summed E-state index contributed by atoms with van der Waals surface area (Å²) in [6.07, 6.45) is 0.361. The van der Waals surface area contributed by atoms with Crippen molar-refractivity contribution >= 4 is 119 Å². The molecule has 2 N–H and O–H groups in total. The summed E-state index contributed by atoms with van der Waals surface area (Å²) < 4.78 is 8.31. The third kappa shape index (κ3) is 5.80. The molecule has 0 aliphatic heterocycles. The van der Waals surface area contributed by atoms with Crippen LogP contribution in [0.4, 0.5) is 0 Å². The van der Waals surface area contributed by atoms with Gasteiger partial charge in [-0.3, -0.25) is 0 Å². The molecular formula is C15H10I5NO4. The van der Waals surface area contributed by atoms with Crippen molar-refractivity contribution in [2.75, 3.05) is 0 Å². The summed E-state index contributed by atoms with van der Waals surface area (Å²) in [6, 6.07) is 10.4. The van der Waals surface area contributed by atoms with Crippen LogP contribution in [0.3, 0.4) is 0 Å². The maximum absolute atomic E-state index is 11.7. The Hall–Kier alpha value is 1.12. The minimum absolute atomic E-state index is 0.182. The summed E-state index contributed by atoms with van der Waals surface area (Å²) >= 11 is 10.3. The first kappa shape index (κ1) is 22.4. The van der Waals surface area contributed by atoms with Crippen molar-refractivity contribution in [1.29, 1.82) is 0 Å². The first-order valence-corrected chi connectivity index (χ1v) is 11.8. The molecule has 0 spiro atoms. The van der Waals surface area contributed by atoms with Crippen LogP contribution in [0.5, 0.6) is 17.2 Å². The molecule has 25 heavy (non-hydrogen) atoms. The largest absolute Gasteiger partial charge is 0.508 e. The van der Waals surface area contributed by atoms with E-state index in [-0.39, 0.29) is 5.75 Å². The van der Waals surface area contributed by atoms with E-state index in [4.69, 9.17) is 4.74 Å². The number of alkyl halides is 1. The highest BCUT2D eigenvalue weighted by Gasteiger charge is 2.40. The zero-order valence-corrected chi connectivity index (χ0v) is 23.0. The minimum atomic E-state index is -1.04. The number of benzene rings is 2. The van der Waals surface area contributed by atoms with Gasteiger partial charge in [-0.2, -0.15) is 1.33 Å². The Morgan fingerprint density at radius 1 is 1.12 bits per heavy atom. The lowest BCUT2D eigenvalue weighted by molar-refractivity contribution is -0.140. The third-order valence-corrected chi connectivity index (χ3v) is 9.57. The van der Waals surface area contributed by atoms with Gasteiger partial charge in [0.2, 0.25) is 0 Å². The maximum Gasteiger partial charge on any atom is 0.336 e. The van der Waals surface area contributed by atoms with Crippen LogP contribution in [-0.2, 0) is 11.2 Å². The van der Waals surface area contributed by atoms with Crippen molar-refractivity contribution in [1.82, 2.24) is 1.33 Å². The maximum atomic E-state index is 11.7. The predicted molar refractivity (Wildman–Crippen MR) is 138 cm³/mol. The van der Waals surface area contributed by atoms with Gasteiger partial charge < -0.3 is 14.9 Å². The monoisotopic (exact) mass is 903 g/mol. The quantitative estimate of drug-likeness (QED) is 0.158. The van der Waals surface area contributed by atoms with E-state index >= 15 is 0 Å². The topological polar surface area (TPSA) is 70.0 Å². The Kier molecular flexibility index (Phi) is 8.56. The number of phenols is 1.